The predicted octanol–water partition coefficient (Wildman–Crippen LogP) is 1.80. The monoisotopic (exact) mass is 247 g/mol. The third-order valence-electron chi connectivity index (χ3n) is 3.90. The van der Waals surface area contributed by atoms with E-state index in [1.165, 1.54) is 6.42 Å². The highest BCUT2D eigenvalue weighted by molar-refractivity contribution is 5.95. The molecule has 96 valence electrons. The molecule has 18 heavy (non-hydrogen) atoms. The van der Waals surface area contributed by atoms with E-state index in [0.29, 0.717) is 17.1 Å². The topological polar surface area (TPSA) is 38.8 Å². The number of piperidine rings is 1. The molecular formula is C14H17NO3. The molecule has 1 amide bonds. The fourth-order valence-electron chi connectivity index (χ4n) is 2.72. The molecule has 0 N–H and O–H groups in total. The number of nitrogens with zero attached hydrogens (tertiary/aromatic N) is 1. The summed E-state index contributed by atoms with van der Waals surface area (Å²) in [5.74, 6) is 2.87. The second kappa shape index (κ2) is 4.19. The van der Waals surface area contributed by atoms with Crippen molar-refractivity contribution in [1.82, 2.24) is 4.90 Å². The number of amides is 1. The molecule has 3 rings (SSSR count). The Morgan fingerprint density at radius 2 is 1.83 bits per heavy atom. The number of hydrogen-bond donors (Lipinski definition) is 0. The summed E-state index contributed by atoms with van der Waals surface area (Å²) in [6, 6.07) is 5.33. The molecule has 2 unspecified atom stereocenters. The highest BCUT2D eigenvalue weighted by atomic mass is 16.5. The Hall–Kier alpha value is -1.71. The van der Waals surface area contributed by atoms with Gasteiger partial charge in [0.25, 0.3) is 5.91 Å². The normalized spacial score (nSPS) is 24.7. The Morgan fingerprint density at radius 1 is 1.17 bits per heavy atom. The molecule has 1 aliphatic carbocycles. The Morgan fingerprint density at radius 3 is 2.44 bits per heavy atom. The Labute approximate surface area is 106 Å². The third-order valence-corrected chi connectivity index (χ3v) is 3.90. The van der Waals surface area contributed by atoms with E-state index < -0.39 is 0 Å². The first-order valence-corrected chi connectivity index (χ1v) is 6.24. The van der Waals surface area contributed by atoms with Crippen LogP contribution in [-0.2, 0) is 0 Å². The summed E-state index contributed by atoms with van der Waals surface area (Å²) in [4.78, 5) is 14.3. The minimum absolute atomic E-state index is 0.100. The van der Waals surface area contributed by atoms with Gasteiger partial charge in [0.1, 0.15) is 0 Å². The summed E-state index contributed by atoms with van der Waals surface area (Å²) in [6.45, 7) is 1.83. The van der Waals surface area contributed by atoms with Crippen LogP contribution < -0.4 is 9.47 Å². The van der Waals surface area contributed by atoms with E-state index in [0.717, 1.165) is 24.9 Å². The van der Waals surface area contributed by atoms with Crippen LogP contribution in [0.25, 0.3) is 0 Å². The second-order valence-corrected chi connectivity index (χ2v) is 5.04. The molecule has 0 bridgehead atoms. The second-order valence-electron chi connectivity index (χ2n) is 5.04. The van der Waals surface area contributed by atoms with Gasteiger partial charge >= 0.3 is 0 Å². The maximum atomic E-state index is 12.3. The lowest BCUT2D eigenvalue weighted by molar-refractivity contribution is 0.0775. The van der Waals surface area contributed by atoms with Gasteiger partial charge in [-0.25, -0.2) is 0 Å². The van der Waals surface area contributed by atoms with Crippen LogP contribution >= 0.6 is 0 Å². The summed E-state index contributed by atoms with van der Waals surface area (Å²) >= 11 is 0. The van der Waals surface area contributed by atoms with E-state index in [1.54, 1.807) is 32.4 Å². The van der Waals surface area contributed by atoms with E-state index in [-0.39, 0.29) is 5.91 Å². The number of carbonyl (C=O) groups is 1. The van der Waals surface area contributed by atoms with Crippen LogP contribution in [0.5, 0.6) is 11.5 Å². The van der Waals surface area contributed by atoms with E-state index in [9.17, 15) is 4.79 Å². The zero-order valence-electron chi connectivity index (χ0n) is 10.7. The third kappa shape index (κ3) is 1.82. The number of carbonyl (C=O) groups excluding carboxylic acids is 1. The van der Waals surface area contributed by atoms with E-state index in [1.807, 2.05) is 4.90 Å². The molecule has 1 saturated carbocycles. The zero-order valence-corrected chi connectivity index (χ0v) is 10.7. The van der Waals surface area contributed by atoms with Crippen LogP contribution in [0.1, 0.15) is 16.8 Å². The van der Waals surface area contributed by atoms with Gasteiger partial charge in [0.2, 0.25) is 0 Å². The maximum absolute atomic E-state index is 12.3. The quantitative estimate of drug-likeness (QED) is 0.817. The average Bonchev–Trinajstić information content (AvgIpc) is 3.03. The van der Waals surface area contributed by atoms with E-state index >= 15 is 0 Å². The Bertz CT molecular complexity index is 476. The predicted molar refractivity (Wildman–Crippen MR) is 67.0 cm³/mol. The van der Waals surface area contributed by atoms with Crippen LogP contribution in [0.15, 0.2) is 18.2 Å². The zero-order chi connectivity index (χ0) is 12.7. The molecule has 1 aromatic rings. The molecule has 0 radical (unpaired) electrons. The molecule has 0 spiro atoms. The van der Waals surface area contributed by atoms with Crippen molar-refractivity contribution in [3.63, 3.8) is 0 Å². The highest BCUT2D eigenvalue weighted by Gasteiger charge is 2.46. The lowest BCUT2D eigenvalue weighted by Crippen LogP contribution is -2.30. The van der Waals surface area contributed by atoms with Crippen molar-refractivity contribution in [3.05, 3.63) is 23.8 Å². The number of hydrogen-bond acceptors (Lipinski definition) is 3. The van der Waals surface area contributed by atoms with E-state index in [4.69, 9.17) is 9.47 Å². The summed E-state index contributed by atoms with van der Waals surface area (Å²) in [5.41, 5.74) is 0.675. The molecule has 1 aliphatic heterocycles. The molecule has 4 heteroatoms. The highest BCUT2D eigenvalue weighted by Crippen LogP contribution is 2.45. The summed E-state index contributed by atoms with van der Waals surface area (Å²) in [7, 11) is 3.17. The number of fused-ring (bicyclic) bond motifs is 1. The largest absolute Gasteiger partial charge is 0.493 e. The van der Waals surface area contributed by atoms with Gasteiger partial charge in [0.15, 0.2) is 11.5 Å². The Kier molecular flexibility index (Phi) is 2.65. The summed E-state index contributed by atoms with van der Waals surface area (Å²) < 4.78 is 10.4. The molecule has 2 fully saturated rings. The average molecular weight is 247 g/mol. The van der Waals surface area contributed by atoms with Gasteiger partial charge in [-0.15, -0.1) is 0 Å². The van der Waals surface area contributed by atoms with Crippen LogP contribution in [0.2, 0.25) is 0 Å². The minimum Gasteiger partial charge on any atom is -0.493 e. The number of benzene rings is 1. The Balaban J connectivity index is 1.80. The lowest BCUT2D eigenvalue weighted by Gasteiger charge is -2.18. The molecule has 1 heterocycles. The van der Waals surface area contributed by atoms with Crippen LogP contribution in [0, 0.1) is 11.8 Å². The standard InChI is InChI=1S/C14H17NO3/c1-17-12-4-3-9(6-13(12)18-2)14(16)15-7-10-5-11(10)8-15/h3-4,6,10-11H,5,7-8H2,1-2H3. The molecule has 2 atom stereocenters. The van der Waals surface area contributed by atoms with Crippen molar-refractivity contribution in [1.29, 1.82) is 0 Å². The fraction of sp³-hybridized carbons (Fsp3) is 0.500. The van der Waals surface area contributed by atoms with Crippen LogP contribution in [-0.4, -0.2) is 38.1 Å². The van der Waals surface area contributed by atoms with Crippen molar-refractivity contribution >= 4 is 5.91 Å². The number of methoxy groups -OCH3 is 2. The molecular weight excluding hydrogens is 230 g/mol. The number of rotatable bonds is 3. The van der Waals surface area contributed by atoms with Gasteiger partial charge < -0.3 is 14.4 Å². The minimum atomic E-state index is 0.100. The van der Waals surface area contributed by atoms with Crippen molar-refractivity contribution in [3.8, 4) is 11.5 Å². The summed E-state index contributed by atoms with van der Waals surface area (Å²) in [5, 5.41) is 0. The van der Waals surface area contributed by atoms with Crippen molar-refractivity contribution in [2.24, 2.45) is 11.8 Å². The lowest BCUT2D eigenvalue weighted by atomic mass is 10.1. The van der Waals surface area contributed by atoms with Crippen molar-refractivity contribution in [2.75, 3.05) is 27.3 Å². The van der Waals surface area contributed by atoms with Gasteiger partial charge in [0.05, 0.1) is 14.2 Å². The first-order valence-electron chi connectivity index (χ1n) is 6.24. The molecule has 2 aliphatic rings. The molecule has 1 aromatic carbocycles. The maximum Gasteiger partial charge on any atom is 0.254 e. The fourth-order valence-corrected chi connectivity index (χ4v) is 2.72. The van der Waals surface area contributed by atoms with Crippen LogP contribution in [0.4, 0.5) is 0 Å². The number of ether oxygens (including phenoxy) is 2. The van der Waals surface area contributed by atoms with Crippen LogP contribution in [0.3, 0.4) is 0 Å². The van der Waals surface area contributed by atoms with Gasteiger partial charge in [-0.2, -0.15) is 0 Å². The summed E-state index contributed by atoms with van der Waals surface area (Å²) in [6.07, 6.45) is 1.30. The smallest absolute Gasteiger partial charge is 0.254 e. The van der Waals surface area contributed by atoms with Crippen molar-refractivity contribution < 1.29 is 14.3 Å². The first kappa shape index (κ1) is 11.4. The van der Waals surface area contributed by atoms with Gasteiger partial charge in [-0.1, -0.05) is 0 Å². The van der Waals surface area contributed by atoms with Gasteiger partial charge in [-0.3, -0.25) is 4.79 Å². The molecule has 4 nitrogen and oxygen atoms in total. The van der Waals surface area contributed by atoms with Crippen molar-refractivity contribution in [2.45, 2.75) is 6.42 Å². The van der Waals surface area contributed by atoms with Gasteiger partial charge in [0, 0.05) is 18.7 Å². The first-order chi connectivity index (χ1) is 8.72. The SMILES string of the molecule is COc1ccc(C(=O)N2CC3CC3C2)cc1OC. The van der Waals surface area contributed by atoms with E-state index in [2.05, 4.69) is 0 Å². The number of likely N-dealkylation sites (tertiary alicyclic amines) is 1. The molecule has 0 aromatic heterocycles. The van der Waals surface area contributed by atoms with Gasteiger partial charge in [-0.05, 0) is 36.5 Å². The molecule has 1 saturated heterocycles.